The number of halogens is 1. The zero-order chi connectivity index (χ0) is 21.1. The molecule has 4 rings (SSSR count). The molecule has 2 aromatic rings. The highest BCUT2D eigenvalue weighted by atomic mass is 19.1. The molecule has 0 atom stereocenters. The fourth-order valence-corrected chi connectivity index (χ4v) is 4.31. The first-order valence-electron chi connectivity index (χ1n) is 10.6. The van der Waals surface area contributed by atoms with Crippen molar-refractivity contribution in [2.24, 2.45) is 5.92 Å². The minimum Gasteiger partial charge on any atom is -0.494 e. The van der Waals surface area contributed by atoms with E-state index in [0.29, 0.717) is 31.2 Å². The average Bonchev–Trinajstić information content (AvgIpc) is 3.05. The normalized spacial score (nSPS) is 17.3. The summed E-state index contributed by atoms with van der Waals surface area (Å²) >= 11 is 0. The molecule has 0 spiro atoms. The maximum absolute atomic E-state index is 13.0. The molecular formula is C24H27FN2O3. The van der Waals surface area contributed by atoms with E-state index in [9.17, 15) is 14.0 Å². The number of Topliss-reactive ketones (excluding diaryl/α,β-unsaturated/α-hetero) is 1. The van der Waals surface area contributed by atoms with Gasteiger partial charge in [0.1, 0.15) is 11.6 Å². The topological polar surface area (TPSA) is 49.9 Å². The van der Waals surface area contributed by atoms with Crippen LogP contribution in [-0.4, -0.2) is 54.3 Å². The molecule has 2 aliphatic rings. The molecule has 0 N–H and O–H groups in total. The number of hydrogen-bond donors (Lipinski definition) is 0. The van der Waals surface area contributed by atoms with Crippen LogP contribution < -0.4 is 4.74 Å². The molecule has 0 unspecified atom stereocenters. The third-order valence-corrected chi connectivity index (χ3v) is 5.99. The molecule has 0 aromatic heterocycles. The summed E-state index contributed by atoms with van der Waals surface area (Å²) < 4.78 is 18.6. The number of ether oxygens (including phenoxy) is 1. The Labute approximate surface area is 176 Å². The molecule has 2 aromatic carbocycles. The van der Waals surface area contributed by atoms with Crippen molar-refractivity contribution in [2.75, 3.05) is 32.8 Å². The monoisotopic (exact) mass is 410 g/mol. The molecule has 2 aliphatic heterocycles. The van der Waals surface area contributed by atoms with Gasteiger partial charge in [-0.15, -0.1) is 0 Å². The number of amides is 1. The van der Waals surface area contributed by atoms with Crippen LogP contribution in [0.4, 0.5) is 4.39 Å². The average molecular weight is 410 g/mol. The van der Waals surface area contributed by atoms with Gasteiger partial charge < -0.3 is 9.64 Å². The Bertz CT molecular complexity index is 921. The maximum atomic E-state index is 13.0. The Kier molecular flexibility index (Phi) is 6.13. The van der Waals surface area contributed by atoms with Crippen LogP contribution in [0.15, 0.2) is 42.5 Å². The lowest BCUT2D eigenvalue weighted by molar-refractivity contribution is 0.0707. The van der Waals surface area contributed by atoms with Crippen molar-refractivity contribution in [2.45, 2.75) is 26.3 Å². The largest absolute Gasteiger partial charge is 0.494 e. The lowest BCUT2D eigenvalue weighted by atomic mass is 9.95. The molecular weight excluding hydrogens is 383 g/mol. The highest BCUT2D eigenvalue weighted by molar-refractivity contribution is 5.99. The summed E-state index contributed by atoms with van der Waals surface area (Å²) in [5.74, 6) is 0.946. The van der Waals surface area contributed by atoms with Gasteiger partial charge in [-0.25, -0.2) is 4.39 Å². The molecule has 0 aliphatic carbocycles. The smallest absolute Gasteiger partial charge is 0.254 e. The van der Waals surface area contributed by atoms with E-state index in [1.807, 2.05) is 30.0 Å². The molecule has 1 fully saturated rings. The number of rotatable bonds is 7. The van der Waals surface area contributed by atoms with E-state index in [1.54, 1.807) is 0 Å². The number of hydrogen-bond acceptors (Lipinski definition) is 4. The van der Waals surface area contributed by atoms with Crippen LogP contribution in [0.2, 0.25) is 0 Å². The van der Waals surface area contributed by atoms with Crippen LogP contribution in [0.5, 0.6) is 5.75 Å². The summed E-state index contributed by atoms with van der Waals surface area (Å²) in [6, 6.07) is 11.5. The lowest BCUT2D eigenvalue weighted by Crippen LogP contribution is -2.40. The Balaban J connectivity index is 1.27. The highest BCUT2D eigenvalue weighted by Crippen LogP contribution is 2.29. The van der Waals surface area contributed by atoms with Gasteiger partial charge in [0, 0.05) is 24.2 Å². The Morgan fingerprint density at radius 2 is 1.87 bits per heavy atom. The fourth-order valence-electron chi connectivity index (χ4n) is 4.31. The van der Waals surface area contributed by atoms with Crippen molar-refractivity contribution < 1.29 is 18.7 Å². The van der Waals surface area contributed by atoms with Crippen LogP contribution in [-0.2, 0) is 6.54 Å². The van der Waals surface area contributed by atoms with Gasteiger partial charge in [0.15, 0.2) is 5.78 Å². The zero-order valence-electron chi connectivity index (χ0n) is 17.3. The molecule has 6 heteroatoms. The Hall–Kier alpha value is -2.73. The summed E-state index contributed by atoms with van der Waals surface area (Å²) in [7, 11) is 0. The second-order valence-corrected chi connectivity index (χ2v) is 8.09. The molecule has 158 valence electrons. The number of carbonyl (C=O) groups excluding carboxylic acids is 2. The third kappa shape index (κ3) is 4.54. The van der Waals surface area contributed by atoms with Crippen molar-refractivity contribution in [1.29, 1.82) is 0 Å². The number of piperidine rings is 1. The number of likely N-dealkylation sites (tertiary alicyclic amines) is 1. The number of ketones is 1. The molecule has 1 saturated heterocycles. The quantitative estimate of drug-likeness (QED) is 0.652. The lowest BCUT2D eigenvalue weighted by Gasteiger charge is -2.33. The van der Waals surface area contributed by atoms with Gasteiger partial charge in [-0.1, -0.05) is 6.07 Å². The molecule has 30 heavy (non-hydrogen) atoms. The Morgan fingerprint density at radius 3 is 2.57 bits per heavy atom. The van der Waals surface area contributed by atoms with Crippen LogP contribution in [0.1, 0.15) is 46.0 Å². The van der Waals surface area contributed by atoms with E-state index in [4.69, 9.17) is 4.74 Å². The predicted octanol–water partition coefficient (Wildman–Crippen LogP) is 3.78. The van der Waals surface area contributed by atoms with Crippen LogP contribution in [0.25, 0.3) is 0 Å². The first-order chi connectivity index (χ1) is 14.5. The molecule has 0 radical (unpaired) electrons. The van der Waals surface area contributed by atoms with Crippen LogP contribution in [0, 0.1) is 11.7 Å². The van der Waals surface area contributed by atoms with Gasteiger partial charge in [0.2, 0.25) is 0 Å². The first kappa shape index (κ1) is 20.5. The van der Waals surface area contributed by atoms with Crippen molar-refractivity contribution in [3.05, 3.63) is 65.0 Å². The maximum Gasteiger partial charge on any atom is 0.254 e. The number of nitrogens with zero attached hydrogens (tertiary/aromatic N) is 2. The van der Waals surface area contributed by atoms with Gasteiger partial charge >= 0.3 is 0 Å². The van der Waals surface area contributed by atoms with E-state index < -0.39 is 0 Å². The van der Waals surface area contributed by atoms with E-state index in [-0.39, 0.29) is 17.5 Å². The van der Waals surface area contributed by atoms with Crippen molar-refractivity contribution in [3.63, 3.8) is 0 Å². The molecule has 0 saturated carbocycles. The highest BCUT2D eigenvalue weighted by Gasteiger charge is 2.31. The van der Waals surface area contributed by atoms with E-state index >= 15 is 0 Å². The molecule has 5 nitrogen and oxygen atoms in total. The third-order valence-electron chi connectivity index (χ3n) is 5.99. The minimum atomic E-state index is -0.333. The summed E-state index contributed by atoms with van der Waals surface area (Å²) in [6.07, 6.45) is 1.92. The summed E-state index contributed by atoms with van der Waals surface area (Å²) in [5.41, 5.74) is 2.36. The van der Waals surface area contributed by atoms with E-state index in [1.165, 1.54) is 24.3 Å². The second kappa shape index (κ2) is 8.96. The Morgan fingerprint density at radius 1 is 1.13 bits per heavy atom. The minimum absolute atomic E-state index is 0.0173. The SMILES string of the molecule is CCOc1ccc2c(c1)C(=O)N(CC1CCN(CC(=O)c3ccc(F)cc3)CC1)C2. The summed E-state index contributed by atoms with van der Waals surface area (Å²) in [5, 5.41) is 0. The van der Waals surface area contributed by atoms with Crippen molar-refractivity contribution in [3.8, 4) is 5.75 Å². The van der Waals surface area contributed by atoms with Gasteiger partial charge in [-0.3, -0.25) is 14.5 Å². The predicted molar refractivity (Wildman–Crippen MR) is 112 cm³/mol. The van der Waals surface area contributed by atoms with E-state index in [2.05, 4.69) is 4.90 Å². The second-order valence-electron chi connectivity index (χ2n) is 8.09. The van der Waals surface area contributed by atoms with Crippen LogP contribution >= 0.6 is 0 Å². The molecule has 0 bridgehead atoms. The van der Waals surface area contributed by atoms with Crippen molar-refractivity contribution >= 4 is 11.7 Å². The van der Waals surface area contributed by atoms with Crippen molar-refractivity contribution in [1.82, 2.24) is 9.80 Å². The number of fused-ring (bicyclic) bond motifs is 1. The van der Waals surface area contributed by atoms with Gasteiger partial charge in [-0.05, 0) is 80.7 Å². The number of benzene rings is 2. The summed E-state index contributed by atoms with van der Waals surface area (Å²) in [6.45, 7) is 5.94. The van der Waals surface area contributed by atoms with Crippen LogP contribution in [0.3, 0.4) is 0 Å². The van der Waals surface area contributed by atoms with Gasteiger partial charge in [-0.2, -0.15) is 0 Å². The standard InChI is InChI=1S/C24H27FN2O3/c1-2-30-21-8-5-19-15-27(24(29)22(19)13-21)14-17-9-11-26(12-10-17)16-23(28)18-3-6-20(25)7-4-18/h3-8,13,17H,2,9-12,14-16H2,1H3. The van der Waals surface area contributed by atoms with Gasteiger partial charge in [0.25, 0.3) is 5.91 Å². The molecule has 2 heterocycles. The fraction of sp³-hybridized carbons (Fsp3) is 0.417. The van der Waals surface area contributed by atoms with Gasteiger partial charge in [0.05, 0.1) is 13.2 Å². The van der Waals surface area contributed by atoms with E-state index in [0.717, 1.165) is 49.4 Å². The zero-order valence-corrected chi connectivity index (χ0v) is 17.3. The molecule has 1 amide bonds. The first-order valence-corrected chi connectivity index (χ1v) is 10.6. The number of carbonyl (C=O) groups is 2. The summed E-state index contributed by atoms with van der Waals surface area (Å²) in [4.78, 5) is 29.3.